The molecule has 5 nitrogen and oxygen atoms in total. The quantitative estimate of drug-likeness (QED) is 0.759. The molecule has 3 rings (SSSR count). The number of benzene rings is 2. The molecule has 0 saturated heterocycles. The van der Waals surface area contributed by atoms with Gasteiger partial charge in [0.25, 0.3) is 5.91 Å². The number of carboxylic acids is 1. The number of halogens is 1. The fraction of sp³-hybridized carbons (Fsp3) is 0.300. The molecule has 0 bridgehead atoms. The van der Waals surface area contributed by atoms with E-state index in [9.17, 15) is 19.1 Å². The SMILES string of the molecule is O=C(NC(CC1CC1)C(=O)O)c1cccc(COc2cccc(F)c2)c1. The van der Waals surface area contributed by atoms with E-state index in [2.05, 4.69) is 5.32 Å². The van der Waals surface area contributed by atoms with Crippen molar-refractivity contribution in [2.45, 2.75) is 31.9 Å². The lowest BCUT2D eigenvalue weighted by Gasteiger charge is -2.14. The highest BCUT2D eigenvalue weighted by molar-refractivity contribution is 5.96. The maximum atomic E-state index is 13.2. The molecule has 2 aromatic carbocycles. The lowest BCUT2D eigenvalue weighted by molar-refractivity contribution is -0.139. The molecule has 0 radical (unpaired) electrons. The molecule has 1 fully saturated rings. The number of rotatable bonds is 8. The van der Waals surface area contributed by atoms with Crippen molar-refractivity contribution in [2.75, 3.05) is 0 Å². The zero-order valence-electron chi connectivity index (χ0n) is 14.2. The predicted molar refractivity (Wildman–Crippen MR) is 93.4 cm³/mol. The van der Waals surface area contributed by atoms with Crippen molar-refractivity contribution in [1.82, 2.24) is 5.32 Å². The van der Waals surface area contributed by atoms with Crippen LogP contribution in [0.2, 0.25) is 0 Å². The van der Waals surface area contributed by atoms with E-state index in [0.29, 0.717) is 23.7 Å². The molecular weight excluding hydrogens is 337 g/mol. The topological polar surface area (TPSA) is 75.6 Å². The van der Waals surface area contributed by atoms with Crippen molar-refractivity contribution in [3.05, 3.63) is 65.5 Å². The summed E-state index contributed by atoms with van der Waals surface area (Å²) in [5, 5.41) is 11.9. The third-order valence-electron chi connectivity index (χ3n) is 4.26. The van der Waals surface area contributed by atoms with Crippen LogP contribution < -0.4 is 10.1 Å². The summed E-state index contributed by atoms with van der Waals surface area (Å²) in [4.78, 5) is 23.7. The van der Waals surface area contributed by atoms with Gasteiger partial charge in [0, 0.05) is 11.6 Å². The lowest BCUT2D eigenvalue weighted by atomic mass is 10.1. The molecule has 26 heavy (non-hydrogen) atoms. The van der Waals surface area contributed by atoms with Gasteiger partial charge in [-0.15, -0.1) is 0 Å². The van der Waals surface area contributed by atoms with Crippen molar-refractivity contribution < 1.29 is 23.8 Å². The summed E-state index contributed by atoms with van der Waals surface area (Å²) in [6.07, 6.45) is 2.50. The van der Waals surface area contributed by atoms with Crippen LogP contribution in [0.4, 0.5) is 4.39 Å². The van der Waals surface area contributed by atoms with Crippen LogP contribution in [-0.4, -0.2) is 23.0 Å². The van der Waals surface area contributed by atoms with E-state index in [4.69, 9.17) is 4.74 Å². The molecule has 0 aliphatic heterocycles. The molecular formula is C20H20FNO4. The summed E-state index contributed by atoms with van der Waals surface area (Å²) < 4.78 is 18.7. The number of aliphatic carboxylic acids is 1. The van der Waals surface area contributed by atoms with E-state index in [-0.39, 0.29) is 12.4 Å². The van der Waals surface area contributed by atoms with Gasteiger partial charge in [0.15, 0.2) is 0 Å². The van der Waals surface area contributed by atoms with Gasteiger partial charge in [0.1, 0.15) is 24.2 Å². The number of amides is 1. The standard InChI is InChI=1S/C20H20FNO4/c21-16-5-2-6-17(11-16)26-12-14-3-1-4-15(9-14)19(23)22-18(20(24)25)10-13-7-8-13/h1-6,9,11,13,18H,7-8,10,12H2,(H,22,23)(H,24,25). The Bertz CT molecular complexity index is 804. The van der Waals surface area contributed by atoms with Gasteiger partial charge in [0.2, 0.25) is 0 Å². The number of ether oxygens (including phenoxy) is 1. The van der Waals surface area contributed by atoms with Crippen LogP contribution in [0.25, 0.3) is 0 Å². The van der Waals surface area contributed by atoms with Crippen molar-refractivity contribution in [2.24, 2.45) is 5.92 Å². The number of hydrogen-bond donors (Lipinski definition) is 2. The smallest absolute Gasteiger partial charge is 0.326 e. The molecule has 1 aliphatic carbocycles. The van der Waals surface area contributed by atoms with Crippen molar-refractivity contribution in [3.63, 3.8) is 0 Å². The molecule has 0 spiro atoms. The Morgan fingerprint density at radius 1 is 1.19 bits per heavy atom. The average Bonchev–Trinajstić information content (AvgIpc) is 3.44. The Kier molecular flexibility index (Phi) is 5.51. The highest BCUT2D eigenvalue weighted by atomic mass is 19.1. The summed E-state index contributed by atoms with van der Waals surface area (Å²) in [5.41, 5.74) is 1.10. The fourth-order valence-corrected chi connectivity index (χ4v) is 2.68. The summed E-state index contributed by atoms with van der Waals surface area (Å²) >= 11 is 0. The van der Waals surface area contributed by atoms with Gasteiger partial charge in [-0.3, -0.25) is 4.79 Å². The maximum absolute atomic E-state index is 13.2. The molecule has 0 heterocycles. The number of nitrogens with one attached hydrogen (secondary N) is 1. The Balaban J connectivity index is 1.62. The van der Waals surface area contributed by atoms with Crippen molar-refractivity contribution in [1.29, 1.82) is 0 Å². The molecule has 2 aromatic rings. The Morgan fingerprint density at radius 2 is 1.96 bits per heavy atom. The third-order valence-corrected chi connectivity index (χ3v) is 4.26. The first-order valence-corrected chi connectivity index (χ1v) is 8.52. The molecule has 0 aromatic heterocycles. The molecule has 1 saturated carbocycles. The van der Waals surface area contributed by atoms with Gasteiger partial charge >= 0.3 is 5.97 Å². The Hall–Kier alpha value is -2.89. The zero-order chi connectivity index (χ0) is 18.5. The van der Waals surface area contributed by atoms with Gasteiger partial charge in [-0.05, 0) is 42.2 Å². The lowest BCUT2D eigenvalue weighted by Crippen LogP contribution is -2.41. The second-order valence-corrected chi connectivity index (χ2v) is 6.49. The van der Waals surface area contributed by atoms with E-state index in [1.807, 2.05) is 0 Å². The third kappa shape index (κ3) is 5.05. The number of carboxylic acid groups (broad SMARTS) is 1. The second kappa shape index (κ2) is 7.99. The van der Waals surface area contributed by atoms with Gasteiger partial charge in [-0.2, -0.15) is 0 Å². The summed E-state index contributed by atoms with van der Waals surface area (Å²) in [7, 11) is 0. The van der Waals surface area contributed by atoms with Gasteiger partial charge in [0.05, 0.1) is 0 Å². The second-order valence-electron chi connectivity index (χ2n) is 6.49. The van der Waals surface area contributed by atoms with Gasteiger partial charge < -0.3 is 15.2 Å². The van der Waals surface area contributed by atoms with Crippen molar-refractivity contribution in [3.8, 4) is 5.75 Å². The molecule has 136 valence electrons. The number of carbonyl (C=O) groups is 2. The van der Waals surface area contributed by atoms with Gasteiger partial charge in [-0.25, -0.2) is 9.18 Å². The van der Waals surface area contributed by atoms with Crippen LogP contribution in [-0.2, 0) is 11.4 Å². The van der Waals surface area contributed by atoms with E-state index in [0.717, 1.165) is 18.4 Å². The molecule has 6 heteroatoms. The zero-order valence-corrected chi connectivity index (χ0v) is 14.2. The van der Waals surface area contributed by atoms with Crippen LogP contribution >= 0.6 is 0 Å². The maximum Gasteiger partial charge on any atom is 0.326 e. The first-order chi connectivity index (χ1) is 12.5. The molecule has 1 atom stereocenters. The minimum absolute atomic E-state index is 0.176. The van der Waals surface area contributed by atoms with E-state index >= 15 is 0 Å². The van der Waals surface area contributed by atoms with Crippen LogP contribution in [0, 0.1) is 11.7 Å². The molecule has 1 unspecified atom stereocenters. The van der Waals surface area contributed by atoms with Crippen LogP contribution in [0.1, 0.15) is 35.2 Å². The van der Waals surface area contributed by atoms with Crippen LogP contribution in [0.3, 0.4) is 0 Å². The minimum atomic E-state index is -1.02. The van der Waals surface area contributed by atoms with Crippen LogP contribution in [0.15, 0.2) is 48.5 Å². The predicted octanol–water partition coefficient (Wildman–Crippen LogP) is 3.39. The van der Waals surface area contributed by atoms with E-state index < -0.39 is 17.9 Å². The first kappa shape index (κ1) is 17.9. The monoisotopic (exact) mass is 357 g/mol. The highest BCUT2D eigenvalue weighted by Crippen LogP contribution is 2.33. The average molecular weight is 357 g/mol. The van der Waals surface area contributed by atoms with Gasteiger partial charge in [-0.1, -0.05) is 31.0 Å². The van der Waals surface area contributed by atoms with E-state index in [1.54, 1.807) is 36.4 Å². The summed E-state index contributed by atoms with van der Waals surface area (Å²) in [5.74, 6) is -1.04. The fourth-order valence-electron chi connectivity index (χ4n) is 2.68. The Labute approximate surface area is 150 Å². The summed E-state index contributed by atoms with van der Waals surface area (Å²) in [6.45, 7) is 0.176. The van der Waals surface area contributed by atoms with Crippen LogP contribution in [0.5, 0.6) is 5.75 Å². The van der Waals surface area contributed by atoms with Crippen molar-refractivity contribution >= 4 is 11.9 Å². The molecule has 1 amide bonds. The number of carbonyl (C=O) groups excluding carboxylic acids is 1. The molecule has 1 aliphatic rings. The molecule has 2 N–H and O–H groups in total. The first-order valence-electron chi connectivity index (χ1n) is 8.52. The van der Waals surface area contributed by atoms with E-state index in [1.165, 1.54) is 12.1 Å². The Morgan fingerprint density at radius 3 is 2.65 bits per heavy atom. The normalized spacial score (nSPS) is 14.5. The largest absolute Gasteiger partial charge is 0.489 e. The number of hydrogen-bond acceptors (Lipinski definition) is 3. The summed E-state index contributed by atoms with van der Waals surface area (Å²) in [6, 6.07) is 11.7. The highest BCUT2D eigenvalue weighted by Gasteiger charge is 2.30. The minimum Gasteiger partial charge on any atom is -0.489 e.